The number of rotatable bonds is 5. The predicted molar refractivity (Wildman–Crippen MR) is 96.0 cm³/mol. The van der Waals surface area contributed by atoms with Gasteiger partial charge in [-0.2, -0.15) is 0 Å². The summed E-state index contributed by atoms with van der Waals surface area (Å²) in [6.45, 7) is -1.45. The van der Waals surface area contributed by atoms with Crippen LogP contribution >= 0.6 is 69.6 Å². The van der Waals surface area contributed by atoms with Crippen molar-refractivity contribution in [3.8, 4) is 0 Å². The third-order valence-electron chi connectivity index (χ3n) is 3.34. The number of hydrogen-bond donors (Lipinski definition) is 6. The average molecular weight is 473 g/mol. The lowest BCUT2D eigenvalue weighted by molar-refractivity contribution is -0.123. The molecule has 1 aliphatic rings. The molecule has 0 bridgehead atoms. The van der Waals surface area contributed by atoms with Gasteiger partial charge in [-0.3, -0.25) is 0 Å². The molecule has 1 aliphatic carbocycles. The average Bonchev–Trinajstić information content (AvgIpc) is 2.60. The molecule has 0 aromatic rings. The van der Waals surface area contributed by atoms with E-state index in [9.17, 15) is 0 Å². The maximum Gasteiger partial charge on any atom is 0.111 e. The second-order valence-electron chi connectivity index (χ2n) is 5.15. The van der Waals surface area contributed by atoms with Crippen LogP contribution in [-0.2, 0) is 0 Å². The summed E-state index contributed by atoms with van der Waals surface area (Å²) < 4.78 is 0. The van der Waals surface area contributed by atoms with Gasteiger partial charge < -0.3 is 30.6 Å². The molecule has 0 saturated heterocycles. The monoisotopic (exact) mass is 470 g/mol. The topological polar surface area (TPSA) is 121 Å². The first kappa shape index (κ1) is 25.5. The number of aliphatic hydroxyl groups is 6. The molecule has 6 nitrogen and oxygen atoms in total. The Morgan fingerprint density at radius 3 is 0.792 bits per heavy atom. The molecular weight excluding hydrogens is 453 g/mol. The van der Waals surface area contributed by atoms with E-state index in [1.807, 2.05) is 0 Å². The van der Waals surface area contributed by atoms with Crippen molar-refractivity contribution in [2.45, 2.75) is 56.7 Å². The SMILES string of the molecule is ClC1C(Cl)C(Cl)C(Cl)C(Cl)C1Cl.OC[C@@H](O)[C@@H](O)[C@H](O)[C@@H](O)CO. The lowest BCUT2D eigenvalue weighted by Crippen LogP contribution is -2.52. The summed E-state index contributed by atoms with van der Waals surface area (Å²) in [5, 5.41) is 49.6. The number of aliphatic hydroxyl groups excluding tert-OH is 6. The molecule has 0 aromatic heterocycles. The Morgan fingerprint density at radius 1 is 0.500 bits per heavy atom. The maximum atomic E-state index is 8.96. The van der Waals surface area contributed by atoms with E-state index in [0.717, 1.165) is 0 Å². The van der Waals surface area contributed by atoms with Crippen LogP contribution in [0.1, 0.15) is 0 Å². The first-order chi connectivity index (χ1) is 11.0. The van der Waals surface area contributed by atoms with E-state index in [1.165, 1.54) is 0 Å². The molecule has 0 spiro atoms. The van der Waals surface area contributed by atoms with Crippen LogP contribution in [0.3, 0.4) is 0 Å². The van der Waals surface area contributed by atoms with Gasteiger partial charge in [-0.1, -0.05) is 0 Å². The van der Waals surface area contributed by atoms with Crippen molar-refractivity contribution >= 4 is 69.6 Å². The molecule has 0 unspecified atom stereocenters. The first-order valence-corrected chi connectivity index (χ1v) is 9.41. The van der Waals surface area contributed by atoms with Gasteiger partial charge in [0.05, 0.1) is 45.5 Å². The Kier molecular flexibility index (Phi) is 12.8. The summed E-state index contributed by atoms with van der Waals surface area (Å²) in [6, 6.07) is 0. The van der Waals surface area contributed by atoms with Crippen molar-refractivity contribution in [2.24, 2.45) is 0 Å². The lowest BCUT2D eigenvalue weighted by Gasteiger charge is -2.37. The van der Waals surface area contributed by atoms with Crippen molar-refractivity contribution in [1.29, 1.82) is 0 Å². The molecule has 6 N–H and O–H groups in total. The van der Waals surface area contributed by atoms with Crippen molar-refractivity contribution in [2.75, 3.05) is 13.2 Å². The molecule has 0 radical (unpaired) electrons. The van der Waals surface area contributed by atoms with E-state index in [2.05, 4.69) is 0 Å². The standard InChI is InChI=1S/C6H6Cl6.C6H14O6/c7-1-2(8)4(10)6(12)5(11)3(1)9;7-1-3(9)5(11)6(12)4(10)2-8/h1-6H;3-12H,1-2H2/t;3-,4+,5-,6-/m.1/s1. The molecule has 4 atom stereocenters. The van der Waals surface area contributed by atoms with Gasteiger partial charge in [-0.25, -0.2) is 0 Å². The molecule has 24 heavy (non-hydrogen) atoms. The van der Waals surface area contributed by atoms with Gasteiger partial charge in [0.15, 0.2) is 0 Å². The fourth-order valence-corrected chi connectivity index (χ4v) is 4.05. The summed E-state index contributed by atoms with van der Waals surface area (Å²) in [4.78, 5) is 0. The Balaban J connectivity index is 0.000000441. The Hall–Kier alpha value is 1.50. The first-order valence-electron chi connectivity index (χ1n) is 6.79. The van der Waals surface area contributed by atoms with Crippen LogP contribution in [0, 0.1) is 0 Å². The predicted octanol–water partition coefficient (Wildman–Crippen LogP) is 0.0590. The van der Waals surface area contributed by atoms with E-state index in [-0.39, 0.29) is 0 Å². The van der Waals surface area contributed by atoms with Crippen LogP contribution in [-0.4, -0.2) is 101 Å². The Bertz CT molecular complexity index is 275. The minimum atomic E-state index is -1.67. The molecule has 1 saturated carbocycles. The highest BCUT2D eigenvalue weighted by Gasteiger charge is 2.46. The quantitative estimate of drug-likeness (QED) is 0.315. The molecule has 1 fully saturated rings. The highest BCUT2D eigenvalue weighted by Crippen LogP contribution is 2.39. The zero-order valence-corrected chi connectivity index (χ0v) is 16.7. The van der Waals surface area contributed by atoms with Gasteiger partial charge in [-0.15, -0.1) is 69.6 Å². The molecule has 146 valence electrons. The molecule has 0 heterocycles. The van der Waals surface area contributed by atoms with E-state index >= 15 is 0 Å². The highest BCUT2D eigenvalue weighted by atomic mass is 35.5. The zero-order chi connectivity index (χ0) is 19.2. The van der Waals surface area contributed by atoms with Crippen LogP contribution in [0.15, 0.2) is 0 Å². The minimum absolute atomic E-state index is 0.437. The van der Waals surface area contributed by atoms with Crippen LogP contribution in [0.5, 0.6) is 0 Å². The largest absolute Gasteiger partial charge is 0.394 e. The highest BCUT2D eigenvalue weighted by molar-refractivity contribution is 6.45. The van der Waals surface area contributed by atoms with Gasteiger partial charge in [0, 0.05) is 0 Å². The van der Waals surface area contributed by atoms with E-state index < -0.39 is 69.9 Å². The van der Waals surface area contributed by atoms with Crippen LogP contribution in [0.25, 0.3) is 0 Å². The second kappa shape index (κ2) is 12.1. The molecule has 0 aliphatic heterocycles. The van der Waals surface area contributed by atoms with Crippen LogP contribution in [0.4, 0.5) is 0 Å². The van der Waals surface area contributed by atoms with Crippen molar-refractivity contribution in [3.63, 3.8) is 0 Å². The normalized spacial score (nSPS) is 38.5. The van der Waals surface area contributed by atoms with Crippen molar-refractivity contribution in [1.82, 2.24) is 0 Å². The summed E-state index contributed by atoms with van der Waals surface area (Å²) in [5.41, 5.74) is 0. The summed E-state index contributed by atoms with van der Waals surface area (Å²) in [7, 11) is 0. The van der Waals surface area contributed by atoms with Gasteiger partial charge in [0.2, 0.25) is 0 Å². The molecule has 0 aromatic carbocycles. The molecular formula is C12H20Cl6O6. The van der Waals surface area contributed by atoms with Gasteiger partial charge in [0.25, 0.3) is 0 Å². The fraction of sp³-hybridized carbons (Fsp3) is 1.00. The Labute approximate surface area is 169 Å². The zero-order valence-electron chi connectivity index (χ0n) is 12.1. The van der Waals surface area contributed by atoms with Gasteiger partial charge >= 0.3 is 0 Å². The second-order valence-corrected chi connectivity index (χ2v) is 8.17. The van der Waals surface area contributed by atoms with Crippen LogP contribution < -0.4 is 0 Å². The fourth-order valence-electron chi connectivity index (χ4n) is 1.73. The van der Waals surface area contributed by atoms with E-state index in [1.54, 1.807) is 0 Å². The van der Waals surface area contributed by atoms with Crippen molar-refractivity contribution < 1.29 is 30.6 Å². The number of halogens is 6. The molecule has 12 heteroatoms. The molecule has 1 rings (SSSR count). The lowest BCUT2D eigenvalue weighted by atomic mass is 9.97. The Morgan fingerprint density at radius 2 is 0.667 bits per heavy atom. The smallest absolute Gasteiger partial charge is 0.111 e. The number of alkyl halides is 6. The minimum Gasteiger partial charge on any atom is -0.394 e. The van der Waals surface area contributed by atoms with E-state index in [0.29, 0.717) is 0 Å². The maximum absolute atomic E-state index is 8.96. The summed E-state index contributed by atoms with van der Waals surface area (Å²) >= 11 is 35.3. The van der Waals surface area contributed by atoms with Crippen molar-refractivity contribution in [3.05, 3.63) is 0 Å². The third-order valence-corrected chi connectivity index (χ3v) is 7.37. The summed E-state index contributed by atoms with van der Waals surface area (Å²) in [5.74, 6) is 0. The van der Waals surface area contributed by atoms with Gasteiger partial charge in [-0.05, 0) is 0 Å². The third kappa shape index (κ3) is 6.91. The van der Waals surface area contributed by atoms with Gasteiger partial charge in [0.1, 0.15) is 24.4 Å². The number of hydrogen-bond acceptors (Lipinski definition) is 6. The van der Waals surface area contributed by atoms with E-state index in [4.69, 9.17) is 100 Å². The molecule has 0 amide bonds. The van der Waals surface area contributed by atoms with Crippen LogP contribution in [0.2, 0.25) is 0 Å². The summed E-state index contributed by atoms with van der Waals surface area (Å²) in [6.07, 6.45) is -6.39.